The third kappa shape index (κ3) is 3.79. The zero-order chi connectivity index (χ0) is 23.3. The third-order valence-electron chi connectivity index (χ3n) is 6.04. The number of piperidine rings is 1. The van der Waals surface area contributed by atoms with Crippen molar-refractivity contribution in [1.29, 1.82) is 0 Å². The lowest BCUT2D eigenvalue weighted by molar-refractivity contribution is -0.184. The number of halogens is 3. The van der Waals surface area contributed by atoms with Gasteiger partial charge < -0.3 is 14.5 Å². The van der Waals surface area contributed by atoms with Gasteiger partial charge in [-0.2, -0.15) is 18.3 Å². The molecule has 2 aliphatic rings. The molecule has 0 aliphatic carbocycles. The van der Waals surface area contributed by atoms with Crippen molar-refractivity contribution in [1.82, 2.24) is 24.1 Å². The summed E-state index contributed by atoms with van der Waals surface area (Å²) in [5, 5.41) is 4.20. The molecule has 1 amide bonds. The van der Waals surface area contributed by atoms with Crippen LogP contribution in [0.4, 0.5) is 24.7 Å². The van der Waals surface area contributed by atoms with Gasteiger partial charge in [0, 0.05) is 44.3 Å². The monoisotopic (exact) mass is 462 g/mol. The predicted octanol–water partition coefficient (Wildman–Crippen LogP) is 2.37. The largest absolute Gasteiger partial charge is 0.488 e. The second kappa shape index (κ2) is 7.78. The number of hydrogen-bond acceptors (Lipinski definition) is 6. The highest BCUT2D eigenvalue weighted by molar-refractivity contribution is 5.95. The van der Waals surface area contributed by atoms with Gasteiger partial charge in [0.25, 0.3) is 5.91 Å². The standard InChI is InChI=1S/C21H21F3N6O3/c1-27-20(32)30-6-4-15(10-17(30)26-27)29-7-8-33-16-9-13(11-25-18(16)29)19(31)28-5-2-3-14(12-28)21(22,23)24/h4,6,9-11,14H,2-3,5,7-8,12H2,1H3. The van der Waals surface area contributed by atoms with E-state index < -0.39 is 18.0 Å². The number of rotatable bonds is 2. The molecule has 3 aromatic rings. The van der Waals surface area contributed by atoms with E-state index in [1.54, 1.807) is 25.4 Å². The average molecular weight is 462 g/mol. The molecule has 0 saturated carbocycles. The van der Waals surface area contributed by atoms with Crippen LogP contribution < -0.4 is 15.3 Å². The molecule has 5 heterocycles. The number of carbonyl (C=O) groups is 1. The number of alkyl halides is 3. The number of aryl methyl sites for hydroxylation is 1. The van der Waals surface area contributed by atoms with E-state index in [2.05, 4.69) is 10.1 Å². The van der Waals surface area contributed by atoms with Crippen LogP contribution in [-0.4, -0.2) is 62.4 Å². The Labute approximate surface area is 186 Å². The Hall–Kier alpha value is -3.57. The second-order valence-corrected chi connectivity index (χ2v) is 8.20. The first-order valence-electron chi connectivity index (χ1n) is 10.5. The van der Waals surface area contributed by atoms with E-state index in [9.17, 15) is 22.8 Å². The third-order valence-corrected chi connectivity index (χ3v) is 6.04. The Morgan fingerprint density at radius 3 is 2.85 bits per heavy atom. The molecule has 0 radical (unpaired) electrons. The van der Waals surface area contributed by atoms with E-state index in [1.165, 1.54) is 26.2 Å². The molecular formula is C21H21F3N6O3. The number of likely N-dealkylation sites (tertiary alicyclic amines) is 1. The molecule has 0 spiro atoms. The summed E-state index contributed by atoms with van der Waals surface area (Å²) in [7, 11) is 1.57. The summed E-state index contributed by atoms with van der Waals surface area (Å²) in [5.74, 6) is -1.15. The van der Waals surface area contributed by atoms with E-state index >= 15 is 0 Å². The summed E-state index contributed by atoms with van der Waals surface area (Å²) < 4.78 is 47.8. The van der Waals surface area contributed by atoms with Gasteiger partial charge in [0.05, 0.1) is 18.0 Å². The van der Waals surface area contributed by atoms with Gasteiger partial charge in [0.1, 0.15) is 6.61 Å². The molecule has 3 aromatic heterocycles. The van der Waals surface area contributed by atoms with Crippen molar-refractivity contribution in [2.45, 2.75) is 19.0 Å². The fourth-order valence-electron chi connectivity index (χ4n) is 4.32. The highest BCUT2D eigenvalue weighted by Crippen LogP contribution is 2.37. The molecule has 12 heteroatoms. The minimum absolute atomic E-state index is 0.0283. The quantitative estimate of drug-likeness (QED) is 0.582. The smallest absolute Gasteiger partial charge is 0.393 e. The molecule has 33 heavy (non-hydrogen) atoms. The van der Waals surface area contributed by atoms with Crippen LogP contribution in [0.5, 0.6) is 5.75 Å². The summed E-state index contributed by atoms with van der Waals surface area (Å²) in [6.45, 7) is 0.737. The van der Waals surface area contributed by atoms with Crippen LogP contribution in [0.15, 0.2) is 35.4 Å². The molecule has 1 atom stereocenters. The van der Waals surface area contributed by atoms with Crippen LogP contribution in [-0.2, 0) is 7.05 Å². The van der Waals surface area contributed by atoms with Gasteiger partial charge in [-0.25, -0.2) is 14.5 Å². The van der Waals surface area contributed by atoms with Crippen LogP contribution in [0, 0.1) is 5.92 Å². The van der Waals surface area contributed by atoms with Crippen molar-refractivity contribution in [3.05, 3.63) is 46.6 Å². The molecule has 5 rings (SSSR count). The summed E-state index contributed by atoms with van der Waals surface area (Å²) in [6.07, 6.45) is -1.00. The van der Waals surface area contributed by atoms with Crippen LogP contribution in [0.3, 0.4) is 0 Å². The van der Waals surface area contributed by atoms with E-state index in [1.807, 2.05) is 4.90 Å². The SMILES string of the molecule is Cn1nc2cc(N3CCOc4cc(C(=O)N5CCCC(C(F)(F)F)C5)cnc43)ccn2c1=O. The zero-order valence-electron chi connectivity index (χ0n) is 17.7. The number of pyridine rings is 2. The first kappa shape index (κ1) is 21.3. The van der Waals surface area contributed by atoms with E-state index in [-0.39, 0.29) is 30.8 Å². The number of nitrogens with zero attached hydrogens (tertiary/aromatic N) is 6. The summed E-state index contributed by atoms with van der Waals surface area (Å²) >= 11 is 0. The average Bonchev–Trinajstić information content (AvgIpc) is 3.10. The molecule has 2 aliphatic heterocycles. The lowest BCUT2D eigenvalue weighted by atomic mass is 9.97. The molecule has 174 valence electrons. The molecule has 1 saturated heterocycles. The minimum Gasteiger partial charge on any atom is -0.488 e. The maximum absolute atomic E-state index is 13.1. The number of aromatic nitrogens is 4. The maximum Gasteiger partial charge on any atom is 0.393 e. The Morgan fingerprint density at radius 1 is 1.24 bits per heavy atom. The molecular weight excluding hydrogens is 441 g/mol. The highest BCUT2D eigenvalue weighted by Gasteiger charge is 2.43. The van der Waals surface area contributed by atoms with E-state index in [0.717, 1.165) is 5.69 Å². The van der Waals surface area contributed by atoms with Gasteiger partial charge in [0.2, 0.25) is 0 Å². The zero-order valence-corrected chi connectivity index (χ0v) is 17.7. The second-order valence-electron chi connectivity index (χ2n) is 8.20. The van der Waals surface area contributed by atoms with Crippen LogP contribution in [0.2, 0.25) is 0 Å². The van der Waals surface area contributed by atoms with E-state index in [0.29, 0.717) is 36.8 Å². The number of fused-ring (bicyclic) bond motifs is 2. The minimum atomic E-state index is -4.32. The molecule has 0 aromatic carbocycles. The number of ether oxygens (including phenoxy) is 1. The van der Waals surface area contributed by atoms with Crippen molar-refractivity contribution >= 4 is 23.1 Å². The fraction of sp³-hybridized carbons (Fsp3) is 0.429. The molecule has 1 unspecified atom stereocenters. The summed E-state index contributed by atoms with van der Waals surface area (Å²) in [5.41, 5.74) is 1.15. The van der Waals surface area contributed by atoms with Gasteiger partial charge in [-0.05, 0) is 25.0 Å². The van der Waals surface area contributed by atoms with Crippen LogP contribution in [0.1, 0.15) is 23.2 Å². The van der Waals surface area contributed by atoms with Crippen molar-refractivity contribution in [3.8, 4) is 5.75 Å². The fourth-order valence-corrected chi connectivity index (χ4v) is 4.32. The van der Waals surface area contributed by atoms with Crippen molar-refractivity contribution < 1.29 is 22.7 Å². The van der Waals surface area contributed by atoms with Gasteiger partial charge in [-0.1, -0.05) is 0 Å². The predicted molar refractivity (Wildman–Crippen MR) is 112 cm³/mol. The van der Waals surface area contributed by atoms with Crippen molar-refractivity contribution in [3.63, 3.8) is 0 Å². The topological polar surface area (TPSA) is 85.0 Å². The number of anilines is 2. The number of amides is 1. The van der Waals surface area contributed by atoms with Gasteiger partial charge in [0.15, 0.2) is 17.2 Å². The van der Waals surface area contributed by atoms with Crippen LogP contribution >= 0.6 is 0 Å². The summed E-state index contributed by atoms with van der Waals surface area (Å²) in [4.78, 5) is 32.5. The molecule has 0 bridgehead atoms. The normalized spacial score (nSPS) is 18.8. The van der Waals surface area contributed by atoms with Crippen molar-refractivity contribution in [2.75, 3.05) is 31.1 Å². The Bertz CT molecular complexity index is 1280. The Kier molecular flexibility index (Phi) is 5.02. The molecule has 0 N–H and O–H groups in total. The van der Waals surface area contributed by atoms with Crippen molar-refractivity contribution in [2.24, 2.45) is 13.0 Å². The Balaban J connectivity index is 1.42. The highest BCUT2D eigenvalue weighted by atomic mass is 19.4. The molecule has 9 nitrogen and oxygen atoms in total. The first-order valence-corrected chi connectivity index (χ1v) is 10.5. The van der Waals surface area contributed by atoms with Gasteiger partial charge in [-0.3, -0.25) is 9.20 Å². The lowest BCUT2D eigenvalue weighted by Gasteiger charge is -2.34. The van der Waals surface area contributed by atoms with Gasteiger partial charge in [-0.15, -0.1) is 0 Å². The summed E-state index contributed by atoms with van der Waals surface area (Å²) in [6, 6.07) is 5.04. The maximum atomic E-state index is 13.1. The lowest BCUT2D eigenvalue weighted by Crippen LogP contribution is -2.44. The molecule has 1 fully saturated rings. The van der Waals surface area contributed by atoms with Crippen LogP contribution in [0.25, 0.3) is 5.65 Å². The number of carbonyl (C=O) groups excluding carboxylic acids is 1. The van der Waals surface area contributed by atoms with Gasteiger partial charge >= 0.3 is 11.9 Å². The Morgan fingerprint density at radius 2 is 2.06 bits per heavy atom. The number of hydrogen-bond donors (Lipinski definition) is 0. The van der Waals surface area contributed by atoms with E-state index in [4.69, 9.17) is 4.74 Å². The first-order chi connectivity index (χ1) is 15.7.